The predicted octanol–water partition coefficient (Wildman–Crippen LogP) is -0.700. The van der Waals surface area contributed by atoms with Crippen molar-refractivity contribution in [3.8, 4) is 0 Å². The van der Waals surface area contributed by atoms with Crippen LogP contribution in [0.4, 0.5) is 0 Å². The first-order valence-electron chi connectivity index (χ1n) is 9.93. The van der Waals surface area contributed by atoms with E-state index in [1.165, 1.54) is 11.8 Å². The van der Waals surface area contributed by atoms with E-state index >= 15 is 0 Å². The van der Waals surface area contributed by atoms with Gasteiger partial charge in [0.15, 0.2) is 0 Å². The van der Waals surface area contributed by atoms with Crippen LogP contribution in [0.2, 0.25) is 0 Å². The van der Waals surface area contributed by atoms with Gasteiger partial charge in [-0.3, -0.25) is 14.4 Å². The molecule has 0 aromatic carbocycles. The summed E-state index contributed by atoms with van der Waals surface area (Å²) in [6.07, 6.45) is 2.61. The Labute approximate surface area is 182 Å². The van der Waals surface area contributed by atoms with Crippen molar-refractivity contribution in [2.75, 3.05) is 18.6 Å². The van der Waals surface area contributed by atoms with E-state index in [-0.39, 0.29) is 5.92 Å². The van der Waals surface area contributed by atoms with Crippen molar-refractivity contribution in [2.45, 2.75) is 64.7 Å². The number of thioether (sulfide) groups is 1. The molecule has 30 heavy (non-hydrogen) atoms. The van der Waals surface area contributed by atoms with Gasteiger partial charge < -0.3 is 31.9 Å². The molecule has 10 nitrogen and oxygen atoms in total. The molecule has 0 aromatic heterocycles. The molecule has 0 saturated heterocycles. The van der Waals surface area contributed by atoms with Gasteiger partial charge in [0.1, 0.15) is 18.1 Å². The maximum atomic E-state index is 12.7. The van der Waals surface area contributed by atoms with Gasteiger partial charge in [-0.15, -0.1) is 0 Å². The minimum atomic E-state index is -1.35. The molecule has 0 aromatic rings. The molecule has 0 aliphatic carbocycles. The van der Waals surface area contributed by atoms with Gasteiger partial charge >= 0.3 is 5.97 Å². The highest BCUT2D eigenvalue weighted by Gasteiger charge is 2.30. The van der Waals surface area contributed by atoms with Crippen LogP contribution < -0.4 is 21.7 Å². The average molecular weight is 449 g/mol. The first kappa shape index (κ1) is 28.1. The van der Waals surface area contributed by atoms with Crippen molar-refractivity contribution < 1.29 is 29.4 Å². The van der Waals surface area contributed by atoms with Crippen molar-refractivity contribution >= 4 is 35.5 Å². The normalized spacial score (nSPS) is 15.2. The molecule has 0 aliphatic rings. The van der Waals surface area contributed by atoms with E-state index in [1.54, 1.807) is 13.8 Å². The molecule has 7 N–H and O–H groups in total. The number of hydrogen-bond donors (Lipinski definition) is 6. The number of aliphatic carboxylic acids is 1. The van der Waals surface area contributed by atoms with E-state index in [4.69, 9.17) is 5.73 Å². The van der Waals surface area contributed by atoms with Gasteiger partial charge in [-0.2, -0.15) is 11.8 Å². The lowest BCUT2D eigenvalue weighted by atomic mass is 10.0. The molecule has 0 rings (SSSR count). The summed E-state index contributed by atoms with van der Waals surface area (Å²) in [6, 6.07) is -4.22. The van der Waals surface area contributed by atoms with Crippen LogP contribution in [-0.4, -0.2) is 76.7 Å². The minimum absolute atomic E-state index is 0.204. The van der Waals surface area contributed by atoms with Crippen LogP contribution in [0.25, 0.3) is 0 Å². The first-order valence-corrected chi connectivity index (χ1v) is 11.3. The highest BCUT2D eigenvalue weighted by atomic mass is 32.2. The Morgan fingerprint density at radius 3 is 1.90 bits per heavy atom. The van der Waals surface area contributed by atoms with Crippen molar-refractivity contribution in [3.05, 3.63) is 0 Å². The maximum absolute atomic E-state index is 12.7. The van der Waals surface area contributed by atoms with Crippen LogP contribution in [0.3, 0.4) is 0 Å². The molecule has 0 heterocycles. The lowest BCUT2D eigenvalue weighted by Crippen LogP contribution is -2.58. The predicted molar refractivity (Wildman–Crippen MR) is 116 cm³/mol. The van der Waals surface area contributed by atoms with Crippen molar-refractivity contribution in [1.82, 2.24) is 16.0 Å². The SMILES string of the molecule is CSCCC(NC(=O)C(N)CC(C)C)C(=O)NC(CO)C(=O)NC(C(=O)O)C(C)C. The standard InChI is InChI=1S/C19H36N4O6S/c1-10(2)8-12(20)16(25)21-13(6-7-30-5)17(26)22-14(9-24)18(27)23-15(11(3)4)19(28)29/h10-15,24H,6-9,20H2,1-5H3,(H,21,25)(H,22,26)(H,23,27)(H,28,29). The van der Waals surface area contributed by atoms with E-state index in [0.717, 1.165) is 0 Å². The molecule has 0 fully saturated rings. The smallest absolute Gasteiger partial charge is 0.326 e. The highest BCUT2D eigenvalue weighted by molar-refractivity contribution is 7.98. The summed E-state index contributed by atoms with van der Waals surface area (Å²) in [7, 11) is 0. The molecule has 4 unspecified atom stereocenters. The second kappa shape index (κ2) is 14.2. The Morgan fingerprint density at radius 1 is 0.933 bits per heavy atom. The van der Waals surface area contributed by atoms with Gasteiger partial charge in [0.05, 0.1) is 12.6 Å². The molecular formula is C19H36N4O6S. The number of aliphatic hydroxyl groups excluding tert-OH is 1. The fourth-order valence-corrected chi connectivity index (χ4v) is 3.10. The zero-order valence-corrected chi connectivity index (χ0v) is 19.1. The second-order valence-electron chi connectivity index (χ2n) is 7.89. The number of nitrogens with two attached hydrogens (primary N) is 1. The Morgan fingerprint density at radius 2 is 1.47 bits per heavy atom. The second-order valence-corrected chi connectivity index (χ2v) is 8.88. The van der Waals surface area contributed by atoms with E-state index in [1.807, 2.05) is 20.1 Å². The quantitative estimate of drug-likeness (QED) is 0.202. The molecule has 174 valence electrons. The van der Waals surface area contributed by atoms with Crippen molar-refractivity contribution in [1.29, 1.82) is 0 Å². The monoisotopic (exact) mass is 448 g/mol. The molecule has 0 radical (unpaired) electrons. The molecule has 0 bridgehead atoms. The van der Waals surface area contributed by atoms with Gasteiger partial charge in [0.25, 0.3) is 0 Å². The fraction of sp³-hybridized carbons (Fsp3) is 0.789. The van der Waals surface area contributed by atoms with Crippen LogP contribution >= 0.6 is 11.8 Å². The van der Waals surface area contributed by atoms with Crippen LogP contribution in [0, 0.1) is 11.8 Å². The summed E-state index contributed by atoms with van der Waals surface area (Å²) < 4.78 is 0. The van der Waals surface area contributed by atoms with Gasteiger partial charge in [0, 0.05) is 0 Å². The number of carboxylic acid groups (broad SMARTS) is 1. The maximum Gasteiger partial charge on any atom is 0.326 e. The molecule has 0 aliphatic heterocycles. The van der Waals surface area contributed by atoms with Gasteiger partial charge in [-0.25, -0.2) is 4.79 Å². The summed E-state index contributed by atoms with van der Waals surface area (Å²) in [6.45, 7) is 6.38. The highest BCUT2D eigenvalue weighted by Crippen LogP contribution is 2.06. The molecule has 11 heteroatoms. The Balaban J connectivity index is 5.18. The molecule has 0 saturated carbocycles. The summed E-state index contributed by atoms with van der Waals surface area (Å²) in [5.74, 6) is -2.78. The van der Waals surface area contributed by atoms with E-state index in [9.17, 15) is 29.4 Å². The average Bonchev–Trinajstić information content (AvgIpc) is 2.65. The Bertz CT molecular complexity index is 587. The zero-order valence-electron chi connectivity index (χ0n) is 18.3. The van der Waals surface area contributed by atoms with E-state index in [2.05, 4.69) is 16.0 Å². The van der Waals surface area contributed by atoms with Gasteiger partial charge in [-0.1, -0.05) is 27.7 Å². The largest absolute Gasteiger partial charge is 0.480 e. The number of carbonyl (C=O) groups excluding carboxylic acids is 3. The summed E-state index contributed by atoms with van der Waals surface area (Å²) in [5.41, 5.74) is 5.87. The van der Waals surface area contributed by atoms with Crippen LogP contribution in [0.5, 0.6) is 0 Å². The van der Waals surface area contributed by atoms with Crippen LogP contribution in [0.1, 0.15) is 40.5 Å². The number of carbonyl (C=O) groups is 4. The van der Waals surface area contributed by atoms with Crippen LogP contribution in [0.15, 0.2) is 0 Å². The summed E-state index contributed by atoms with van der Waals surface area (Å²) in [4.78, 5) is 48.6. The number of nitrogens with one attached hydrogen (secondary N) is 3. The zero-order chi connectivity index (χ0) is 23.4. The topological polar surface area (TPSA) is 171 Å². The van der Waals surface area contributed by atoms with E-state index in [0.29, 0.717) is 18.6 Å². The molecular weight excluding hydrogens is 412 g/mol. The lowest BCUT2D eigenvalue weighted by molar-refractivity contribution is -0.143. The van der Waals surface area contributed by atoms with Crippen molar-refractivity contribution in [3.63, 3.8) is 0 Å². The number of hydrogen-bond acceptors (Lipinski definition) is 7. The number of aliphatic hydroxyl groups is 1. The Hall–Kier alpha value is -1.85. The number of amides is 3. The summed E-state index contributed by atoms with van der Waals surface area (Å²) in [5, 5.41) is 26.0. The Kier molecular flexibility index (Phi) is 13.3. The molecule has 3 amide bonds. The van der Waals surface area contributed by atoms with Gasteiger partial charge in [0.2, 0.25) is 17.7 Å². The van der Waals surface area contributed by atoms with Crippen LogP contribution in [-0.2, 0) is 19.2 Å². The minimum Gasteiger partial charge on any atom is -0.480 e. The number of carboxylic acids is 1. The third-order valence-electron chi connectivity index (χ3n) is 4.35. The first-order chi connectivity index (χ1) is 13.9. The third-order valence-corrected chi connectivity index (χ3v) is 5.00. The summed E-state index contributed by atoms with van der Waals surface area (Å²) >= 11 is 1.48. The van der Waals surface area contributed by atoms with E-state index < -0.39 is 60.4 Å². The lowest BCUT2D eigenvalue weighted by Gasteiger charge is -2.25. The fourth-order valence-electron chi connectivity index (χ4n) is 2.63. The van der Waals surface area contributed by atoms with Crippen molar-refractivity contribution in [2.24, 2.45) is 17.6 Å². The molecule has 4 atom stereocenters. The third kappa shape index (κ3) is 10.3. The van der Waals surface area contributed by atoms with Gasteiger partial charge in [-0.05, 0) is 36.7 Å². The number of rotatable bonds is 14. The molecule has 0 spiro atoms.